The van der Waals surface area contributed by atoms with Gasteiger partial charge in [0.15, 0.2) is 11.5 Å². The zero-order chi connectivity index (χ0) is 26.2. The molecule has 10 heteroatoms. The number of fused-ring (bicyclic) bond motifs is 2. The fourth-order valence-electron chi connectivity index (χ4n) is 4.43. The van der Waals surface area contributed by atoms with Gasteiger partial charge in [0.25, 0.3) is 11.5 Å². The third-order valence-corrected chi connectivity index (χ3v) is 7.68. The Morgan fingerprint density at radius 1 is 1.03 bits per heavy atom. The summed E-state index contributed by atoms with van der Waals surface area (Å²) in [5.41, 5.74) is 2.54. The Hall–Kier alpha value is -4.15. The number of carbonyl (C=O) groups excluding carboxylic acids is 1. The average molecular weight is 543 g/mol. The summed E-state index contributed by atoms with van der Waals surface area (Å²) in [7, 11) is 1.89. The predicted molar refractivity (Wildman–Crippen MR) is 151 cm³/mol. The second-order valence-electron chi connectivity index (χ2n) is 8.88. The van der Waals surface area contributed by atoms with E-state index in [0.717, 1.165) is 11.1 Å². The van der Waals surface area contributed by atoms with Crippen LogP contribution < -0.4 is 19.9 Å². The number of hydrogen-bond acceptors (Lipinski definition) is 8. The molecule has 4 aromatic rings. The molecule has 0 spiro atoms. The molecule has 0 N–H and O–H groups in total. The van der Waals surface area contributed by atoms with E-state index in [-0.39, 0.29) is 24.8 Å². The number of carbonyl (C=O) groups is 1. The van der Waals surface area contributed by atoms with Crippen molar-refractivity contribution < 1.29 is 14.3 Å². The zero-order valence-corrected chi connectivity index (χ0v) is 22.0. The number of hydrogen-bond donors (Lipinski definition) is 0. The Kier molecular flexibility index (Phi) is 6.34. The van der Waals surface area contributed by atoms with E-state index >= 15 is 0 Å². The summed E-state index contributed by atoms with van der Waals surface area (Å²) in [6.45, 7) is 1.01. The van der Waals surface area contributed by atoms with Crippen molar-refractivity contribution in [1.82, 2.24) is 14.3 Å². The smallest absolute Gasteiger partial charge is 0.267 e. The monoisotopic (exact) mass is 542 g/mol. The van der Waals surface area contributed by atoms with Crippen LogP contribution in [0.5, 0.6) is 11.5 Å². The molecule has 0 aliphatic carbocycles. The number of amides is 1. The molecular weight excluding hydrogens is 520 g/mol. The van der Waals surface area contributed by atoms with Crippen LogP contribution in [0.15, 0.2) is 82.6 Å². The van der Waals surface area contributed by atoms with E-state index in [4.69, 9.17) is 26.7 Å². The van der Waals surface area contributed by atoms with Gasteiger partial charge in [-0.2, -0.15) is 0 Å². The minimum absolute atomic E-state index is 0.180. The van der Waals surface area contributed by atoms with Gasteiger partial charge in [0.2, 0.25) is 6.79 Å². The van der Waals surface area contributed by atoms with E-state index in [1.165, 1.54) is 21.1 Å². The predicted octanol–water partition coefficient (Wildman–Crippen LogP) is 4.46. The zero-order valence-electron chi connectivity index (χ0n) is 20.4. The van der Waals surface area contributed by atoms with Gasteiger partial charge in [-0.3, -0.25) is 18.9 Å². The lowest BCUT2D eigenvalue weighted by Crippen LogP contribution is -2.28. The number of aromatic nitrogens is 2. The maximum Gasteiger partial charge on any atom is 0.267 e. The maximum atomic E-state index is 13.6. The number of benzene rings is 2. The molecule has 1 saturated heterocycles. The van der Waals surface area contributed by atoms with Gasteiger partial charge in [0.1, 0.15) is 15.8 Å². The molecule has 0 bridgehead atoms. The average Bonchev–Trinajstić information content (AvgIpc) is 3.50. The fraction of sp³-hybridized carbons (Fsp3) is 0.143. The van der Waals surface area contributed by atoms with E-state index in [1.807, 2.05) is 66.5 Å². The van der Waals surface area contributed by atoms with E-state index in [9.17, 15) is 9.59 Å². The van der Waals surface area contributed by atoms with Crippen LogP contribution in [0.4, 0.5) is 5.82 Å². The van der Waals surface area contributed by atoms with Crippen molar-refractivity contribution in [2.24, 2.45) is 0 Å². The SMILES string of the molecule is CN(Cc1ccccc1)c1nc2ccccn2c(=O)c1/C=C1\SC(=S)N(Cc2ccc3c(c2)OCO3)C1=O. The largest absolute Gasteiger partial charge is 0.454 e. The molecule has 2 aromatic heterocycles. The summed E-state index contributed by atoms with van der Waals surface area (Å²) in [5.74, 6) is 1.55. The molecule has 0 atom stereocenters. The van der Waals surface area contributed by atoms with Crippen molar-refractivity contribution in [2.45, 2.75) is 13.1 Å². The Balaban J connectivity index is 1.36. The molecule has 8 nitrogen and oxygen atoms in total. The highest BCUT2D eigenvalue weighted by atomic mass is 32.2. The summed E-state index contributed by atoms with van der Waals surface area (Å²) in [4.78, 5) is 35.7. The van der Waals surface area contributed by atoms with Gasteiger partial charge in [-0.05, 0) is 41.5 Å². The molecule has 0 radical (unpaired) electrons. The molecule has 1 amide bonds. The minimum atomic E-state index is -0.258. The highest BCUT2D eigenvalue weighted by molar-refractivity contribution is 8.26. The lowest BCUT2D eigenvalue weighted by molar-refractivity contribution is -0.122. The van der Waals surface area contributed by atoms with Crippen LogP contribution in [-0.4, -0.2) is 38.4 Å². The Bertz CT molecular complexity index is 1670. The Morgan fingerprint density at radius 2 is 1.82 bits per heavy atom. The number of rotatable bonds is 6. The molecule has 4 heterocycles. The first kappa shape index (κ1) is 24.2. The van der Waals surface area contributed by atoms with Crippen LogP contribution in [0.1, 0.15) is 16.7 Å². The van der Waals surface area contributed by atoms with Crippen molar-refractivity contribution in [3.8, 4) is 11.5 Å². The van der Waals surface area contributed by atoms with Crippen molar-refractivity contribution in [3.63, 3.8) is 0 Å². The lowest BCUT2D eigenvalue weighted by atomic mass is 10.2. The second kappa shape index (κ2) is 9.96. The molecule has 1 fully saturated rings. The van der Waals surface area contributed by atoms with Gasteiger partial charge in [0, 0.05) is 19.8 Å². The van der Waals surface area contributed by atoms with Crippen LogP contribution in [-0.2, 0) is 17.9 Å². The van der Waals surface area contributed by atoms with E-state index in [0.29, 0.717) is 44.3 Å². The van der Waals surface area contributed by atoms with Crippen LogP contribution in [0.2, 0.25) is 0 Å². The van der Waals surface area contributed by atoms with E-state index in [1.54, 1.807) is 24.4 Å². The van der Waals surface area contributed by atoms with Crippen molar-refractivity contribution >= 4 is 51.7 Å². The first-order valence-corrected chi connectivity index (χ1v) is 13.1. The maximum absolute atomic E-state index is 13.6. The topological polar surface area (TPSA) is 76.4 Å². The number of thiocarbonyl (C=S) groups is 1. The van der Waals surface area contributed by atoms with Crippen LogP contribution in [0.3, 0.4) is 0 Å². The van der Waals surface area contributed by atoms with Crippen molar-refractivity contribution in [3.05, 3.63) is 105 Å². The standard InChI is InChI=1S/C28H22N4O4S2/c1-30(15-18-7-3-2-4-8-18)25-20(26(33)31-12-6-5-9-24(31)29-25)14-23-27(34)32(28(37)38-23)16-19-10-11-21-22(13-19)36-17-35-21/h2-14H,15-17H2,1H3/b23-14-. The van der Waals surface area contributed by atoms with Crippen molar-refractivity contribution in [1.29, 1.82) is 0 Å². The number of thioether (sulfide) groups is 1. The number of ether oxygens (including phenoxy) is 2. The molecule has 6 rings (SSSR count). The molecule has 2 aliphatic heterocycles. The molecule has 0 saturated carbocycles. The minimum Gasteiger partial charge on any atom is -0.454 e. The first-order chi connectivity index (χ1) is 18.5. The third-order valence-electron chi connectivity index (χ3n) is 6.30. The second-order valence-corrected chi connectivity index (χ2v) is 10.6. The summed E-state index contributed by atoms with van der Waals surface area (Å²) >= 11 is 6.73. The fourth-order valence-corrected chi connectivity index (χ4v) is 5.67. The summed E-state index contributed by atoms with van der Waals surface area (Å²) in [6, 6.07) is 20.9. The normalized spacial score (nSPS) is 15.6. The number of nitrogens with zero attached hydrogens (tertiary/aromatic N) is 4. The van der Waals surface area contributed by atoms with Crippen molar-refractivity contribution in [2.75, 3.05) is 18.7 Å². The van der Waals surface area contributed by atoms with Crippen LogP contribution >= 0.6 is 24.0 Å². The van der Waals surface area contributed by atoms with Gasteiger partial charge < -0.3 is 14.4 Å². The molecule has 38 heavy (non-hydrogen) atoms. The third kappa shape index (κ3) is 4.52. The van der Waals surface area contributed by atoms with Gasteiger partial charge in [-0.25, -0.2) is 4.98 Å². The highest BCUT2D eigenvalue weighted by Gasteiger charge is 2.33. The van der Waals surface area contributed by atoms with E-state index in [2.05, 4.69) is 0 Å². The summed E-state index contributed by atoms with van der Waals surface area (Å²) < 4.78 is 12.7. The molecular formula is C28H22N4O4S2. The van der Waals surface area contributed by atoms with Crippen LogP contribution in [0.25, 0.3) is 11.7 Å². The highest BCUT2D eigenvalue weighted by Crippen LogP contribution is 2.37. The molecule has 0 unspecified atom stereocenters. The van der Waals surface area contributed by atoms with E-state index < -0.39 is 0 Å². The molecule has 190 valence electrons. The summed E-state index contributed by atoms with van der Waals surface area (Å²) in [5, 5.41) is 0. The molecule has 2 aliphatic rings. The molecule has 2 aromatic carbocycles. The lowest BCUT2D eigenvalue weighted by Gasteiger charge is -2.21. The first-order valence-electron chi connectivity index (χ1n) is 11.9. The van der Waals surface area contributed by atoms with Gasteiger partial charge in [-0.15, -0.1) is 0 Å². The number of anilines is 1. The number of pyridine rings is 1. The quantitative estimate of drug-likeness (QED) is 0.261. The Morgan fingerprint density at radius 3 is 2.66 bits per heavy atom. The van der Waals surface area contributed by atoms with Gasteiger partial charge >= 0.3 is 0 Å². The van der Waals surface area contributed by atoms with Gasteiger partial charge in [0.05, 0.1) is 17.0 Å². The Labute approximate surface area is 228 Å². The van der Waals surface area contributed by atoms with Crippen LogP contribution in [0, 0.1) is 0 Å². The van der Waals surface area contributed by atoms with Gasteiger partial charge in [-0.1, -0.05) is 66.4 Å². The summed E-state index contributed by atoms with van der Waals surface area (Å²) in [6.07, 6.45) is 3.29.